The Bertz CT molecular complexity index is 825. The average Bonchev–Trinajstić information content (AvgIpc) is 2.90. The van der Waals surface area contributed by atoms with Crippen molar-refractivity contribution in [2.24, 2.45) is 0 Å². The van der Waals surface area contributed by atoms with Crippen LogP contribution in [0.4, 0.5) is 0 Å². The van der Waals surface area contributed by atoms with Gasteiger partial charge in [0.25, 0.3) is 0 Å². The molecule has 3 aromatic rings. The smallest absolute Gasteiger partial charge is 0.0491 e. The number of hydrogen-bond donors (Lipinski definition) is 0. The van der Waals surface area contributed by atoms with Gasteiger partial charge in [0.1, 0.15) is 0 Å². The predicted octanol–water partition coefficient (Wildman–Crippen LogP) is 3.56. The van der Waals surface area contributed by atoms with Crippen LogP contribution >= 0.6 is 0 Å². The lowest BCUT2D eigenvalue weighted by Gasteiger charge is -2.32. The van der Waals surface area contributed by atoms with Crippen LogP contribution in [0.2, 0.25) is 0 Å². The van der Waals surface area contributed by atoms with Gasteiger partial charge in [0, 0.05) is 61.1 Å². The zero-order valence-corrected chi connectivity index (χ0v) is 14.1. The van der Waals surface area contributed by atoms with E-state index in [1.54, 1.807) is 0 Å². The Morgan fingerprint density at radius 3 is 2.39 bits per heavy atom. The Balaban J connectivity index is 1.71. The van der Waals surface area contributed by atoms with Crippen LogP contribution in [0.25, 0.3) is 21.8 Å². The molecular weight excluding hydrogens is 282 g/mol. The van der Waals surface area contributed by atoms with Crippen LogP contribution in [0, 0.1) is 0 Å². The Labute approximate surface area is 138 Å². The van der Waals surface area contributed by atoms with E-state index in [-0.39, 0.29) is 0 Å². The zero-order chi connectivity index (χ0) is 15.8. The number of piperazine rings is 1. The monoisotopic (exact) mass is 307 g/mol. The van der Waals surface area contributed by atoms with Crippen LogP contribution in [0.3, 0.4) is 0 Å². The third-order valence-corrected chi connectivity index (χ3v) is 5.16. The summed E-state index contributed by atoms with van der Waals surface area (Å²) in [6, 6.07) is 15.8. The fourth-order valence-corrected chi connectivity index (χ4v) is 3.80. The van der Waals surface area contributed by atoms with E-state index in [1.807, 2.05) is 0 Å². The molecule has 1 aliphatic rings. The highest BCUT2D eigenvalue weighted by atomic mass is 15.2. The first-order valence-corrected chi connectivity index (χ1v) is 8.67. The van der Waals surface area contributed by atoms with E-state index in [0.717, 1.165) is 13.1 Å². The van der Waals surface area contributed by atoms with E-state index in [4.69, 9.17) is 0 Å². The molecule has 1 saturated heterocycles. The van der Waals surface area contributed by atoms with Gasteiger partial charge in [-0.1, -0.05) is 24.3 Å². The third kappa shape index (κ3) is 2.64. The fraction of sp³-hybridized carbons (Fsp3) is 0.400. The first kappa shape index (κ1) is 14.7. The van der Waals surface area contributed by atoms with Crippen LogP contribution in [0.5, 0.6) is 0 Å². The summed E-state index contributed by atoms with van der Waals surface area (Å²) >= 11 is 0. The minimum absolute atomic E-state index is 1.02. The van der Waals surface area contributed by atoms with Gasteiger partial charge in [-0.25, -0.2) is 0 Å². The summed E-state index contributed by atoms with van der Waals surface area (Å²) < 4.78 is 2.42. The molecule has 23 heavy (non-hydrogen) atoms. The van der Waals surface area contributed by atoms with Gasteiger partial charge in [-0.05, 0) is 37.7 Å². The number of aryl methyl sites for hydroxylation is 1. The van der Waals surface area contributed by atoms with Crippen LogP contribution in [-0.2, 0) is 13.1 Å². The molecule has 0 bridgehead atoms. The molecule has 1 aliphatic heterocycles. The van der Waals surface area contributed by atoms with Gasteiger partial charge in [-0.2, -0.15) is 0 Å². The zero-order valence-electron chi connectivity index (χ0n) is 14.1. The van der Waals surface area contributed by atoms with Crippen LogP contribution in [0.15, 0.2) is 42.5 Å². The van der Waals surface area contributed by atoms with Crippen molar-refractivity contribution in [3.05, 3.63) is 48.0 Å². The minimum atomic E-state index is 1.02. The molecular formula is C20H25N3. The van der Waals surface area contributed by atoms with E-state index in [0.29, 0.717) is 0 Å². The topological polar surface area (TPSA) is 11.4 Å². The molecule has 120 valence electrons. The van der Waals surface area contributed by atoms with Gasteiger partial charge in [-0.3, -0.25) is 4.90 Å². The van der Waals surface area contributed by atoms with Crippen molar-refractivity contribution in [1.29, 1.82) is 0 Å². The molecule has 0 unspecified atom stereocenters. The molecule has 0 saturated carbocycles. The van der Waals surface area contributed by atoms with Crippen molar-refractivity contribution in [2.45, 2.75) is 20.0 Å². The molecule has 1 aromatic heterocycles. The fourth-order valence-electron chi connectivity index (χ4n) is 3.80. The Hall–Kier alpha value is -1.84. The normalized spacial score (nSPS) is 17.3. The summed E-state index contributed by atoms with van der Waals surface area (Å²) in [5.41, 5.74) is 4.14. The number of hydrogen-bond acceptors (Lipinski definition) is 2. The Kier molecular flexibility index (Phi) is 3.83. The number of likely N-dealkylation sites (N-methyl/N-ethyl adjacent to an activating group) is 1. The molecule has 0 aliphatic carbocycles. The van der Waals surface area contributed by atoms with Crippen molar-refractivity contribution in [2.75, 3.05) is 33.2 Å². The maximum atomic E-state index is 2.57. The summed E-state index contributed by atoms with van der Waals surface area (Å²) in [5, 5.41) is 2.78. The van der Waals surface area contributed by atoms with E-state index in [9.17, 15) is 0 Å². The highest BCUT2D eigenvalue weighted by Crippen LogP contribution is 2.30. The highest BCUT2D eigenvalue weighted by molar-refractivity contribution is 6.08. The standard InChI is InChI=1S/C20H25N3/c1-3-23-19-7-5-4-6-17(19)18-14-16(8-9-20(18)23)15-22-12-10-21(2)11-13-22/h4-9,14H,3,10-13,15H2,1-2H3. The quantitative estimate of drug-likeness (QED) is 0.733. The molecule has 4 rings (SSSR count). The van der Waals surface area contributed by atoms with Crippen molar-refractivity contribution in [3.63, 3.8) is 0 Å². The lowest BCUT2D eigenvalue weighted by atomic mass is 10.1. The van der Waals surface area contributed by atoms with Gasteiger partial charge < -0.3 is 9.47 Å². The lowest BCUT2D eigenvalue weighted by molar-refractivity contribution is 0.148. The molecule has 2 aromatic carbocycles. The molecule has 3 nitrogen and oxygen atoms in total. The number of rotatable bonds is 3. The number of fused-ring (bicyclic) bond motifs is 3. The van der Waals surface area contributed by atoms with Gasteiger partial charge in [0.05, 0.1) is 0 Å². The van der Waals surface area contributed by atoms with Gasteiger partial charge in [-0.15, -0.1) is 0 Å². The number of aromatic nitrogens is 1. The largest absolute Gasteiger partial charge is 0.341 e. The average molecular weight is 307 g/mol. The van der Waals surface area contributed by atoms with Crippen molar-refractivity contribution in [3.8, 4) is 0 Å². The number of para-hydroxylation sites is 1. The SMILES string of the molecule is CCn1c2ccccc2c2cc(CN3CCN(C)CC3)ccc21. The molecule has 0 atom stereocenters. The van der Waals surface area contributed by atoms with E-state index in [2.05, 4.69) is 70.8 Å². The minimum Gasteiger partial charge on any atom is -0.341 e. The van der Waals surface area contributed by atoms with E-state index >= 15 is 0 Å². The summed E-state index contributed by atoms with van der Waals surface area (Å²) in [6.07, 6.45) is 0. The molecule has 0 N–H and O–H groups in total. The summed E-state index contributed by atoms with van der Waals surface area (Å²) in [7, 11) is 2.21. The van der Waals surface area contributed by atoms with Gasteiger partial charge >= 0.3 is 0 Å². The van der Waals surface area contributed by atoms with Crippen molar-refractivity contribution < 1.29 is 0 Å². The Morgan fingerprint density at radius 1 is 0.870 bits per heavy atom. The first-order valence-electron chi connectivity index (χ1n) is 8.67. The Morgan fingerprint density at radius 2 is 1.61 bits per heavy atom. The molecule has 0 radical (unpaired) electrons. The van der Waals surface area contributed by atoms with Gasteiger partial charge in [0.2, 0.25) is 0 Å². The van der Waals surface area contributed by atoms with Gasteiger partial charge in [0.15, 0.2) is 0 Å². The summed E-state index contributed by atoms with van der Waals surface area (Å²) in [4.78, 5) is 4.98. The predicted molar refractivity (Wildman–Crippen MR) is 97.9 cm³/mol. The second-order valence-corrected chi connectivity index (χ2v) is 6.69. The summed E-state index contributed by atoms with van der Waals surface area (Å²) in [5.74, 6) is 0. The van der Waals surface area contributed by atoms with Crippen molar-refractivity contribution >= 4 is 21.8 Å². The maximum absolute atomic E-state index is 2.57. The molecule has 2 heterocycles. The molecule has 0 amide bonds. The highest BCUT2D eigenvalue weighted by Gasteiger charge is 2.15. The van der Waals surface area contributed by atoms with E-state index in [1.165, 1.54) is 53.5 Å². The van der Waals surface area contributed by atoms with E-state index < -0.39 is 0 Å². The molecule has 3 heteroatoms. The lowest BCUT2D eigenvalue weighted by Crippen LogP contribution is -2.43. The van der Waals surface area contributed by atoms with Crippen LogP contribution in [-0.4, -0.2) is 47.6 Å². The molecule has 0 spiro atoms. The van der Waals surface area contributed by atoms with Crippen molar-refractivity contribution in [1.82, 2.24) is 14.4 Å². The number of benzene rings is 2. The van der Waals surface area contributed by atoms with Crippen LogP contribution < -0.4 is 0 Å². The number of nitrogens with zero attached hydrogens (tertiary/aromatic N) is 3. The third-order valence-electron chi connectivity index (χ3n) is 5.16. The van der Waals surface area contributed by atoms with Crippen LogP contribution in [0.1, 0.15) is 12.5 Å². The second-order valence-electron chi connectivity index (χ2n) is 6.69. The first-order chi connectivity index (χ1) is 11.3. The summed E-state index contributed by atoms with van der Waals surface area (Å²) in [6.45, 7) is 9.01. The second kappa shape index (κ2) is 5.99. The molecule has 1 fully saturated rings. The maximum Gasteiger partial charge on any atom is 0.0491 e.